The molecule has 0 saturated carbocycles. The lowest BCUT2D eigenvalue weighted by Gasteiger charge is -2.37. The van der Waals surface area contributed by atoms with Gasteiger partial charge in [0.25, 0.3) is 0 Å². The summed E-state index contributed by atoms with van der Waals surface area (Å²) in [5, 5.41) is 0. The molecule has 2 N–H and O–H groups in total. The number of hydrogen-bond acceptors (Lipinski definition) is 3. The van der Waals surface area contributed by atoms with Gasteiger partial charge in [0.05, 0.1) is 19.3 Å². The lowest BCUT2D eigenvalue weighted by molar-refractivity contribution is 0.0922. The van der Waals surface area contributed by atoms with Crippen LogP contribution in [0.5, 0.6) is 0 Å². The lowest BCUT2D eigenvalue weighted by Crippen LogP contribution is -2.46. The van der Waals surface area contributed by atoms with Gasteiger partial charge in [-0.3, -0.25) is 0 Å². The molecule has 0 amide bonds. The highest BCUT2D eigenvalue weighted by atomic mass is 16.5. The van der Waals surface area contributed by atoms with Crippen LogP contribution in [0.3, 0.4) is 0 Å². The van der Waals surface area contributed by atoms with Crippen molar-refractivity contribution in [2.45, 2.75) is 26.3 Å². The van der Waals surface area contributed by atoms with Crippen molar-refractivity contribution in [1.82, 2.24) is 0 Å². The number of nitrogens with zero attached hydrogens (tertiary/aromatic N) is 1. The maximum Gasteiger partial charge on any atom is 0.0671 e. The van der Waals surface area contributed by atoms with Crippen LogP contribution in [0.15, 0.2) is 18.2 Å². The Morgan fingerprint density at radius 2 is 2.18 bits per heavy atom. The summed E-state index contributed by atoms with van der Waals surface area (Å²) in [5.74, 6) is 0. The number of ether oxygens (including phenoxy) is 1. The first-order chi connectivity index (χ1) is 8.22. The summed E-state index contributed by atoms with van der Waals surface area (Å²) >= 11 is 0. The number of hydrogen-bond donors (Lipinski definition) is 1. The Balaban J connectivity index is 2.20. The van der Waals surface area contributed by atoms with E-state index in [-0.39, 0.29) is 0 Å². The van der Waals surface area contributed by atoms with Crippen LogP contribution in [0, 0.1) is 13.8 Å². The number of anilines is 1. The predicted molar refractivity (Wildman–Crippen MR) is 71.5 cm³/mol. The van der Waals surface area contributed by atoms with Crippen molar-refractivity contribution < 1.29 is 4.74 Å². The van der Waals surface area contributed by atoms with Crippen molar-refractivity contribution >= 4 is 5.69 Å². The molecule has 1 aliphatic heterocycles. The topological polar surface area (TPSA) is 38.5 Å². The minimum absolute atomic E-state index is 0.427. The molecule has 1 atom stereocenters. The zero-order chi connectivity index (χ0) is 12.3. The van der Waals surface area contributed by atoms with E-state index in [2.05, 4.69) is 36.9 Å². The molecule has 1 aromatic rings. The van der Waals surface area contributed by atoms with Gasteiger partial charge in [0, 0.05) is 12.2 Å². The summed E-state index contributed by atoms with van der Waals surface area (Å²) in [6, 6.07) is 7.09. The van der Waals surface area contributed by atoms with Gasteiger partial charge < -0.3 is 15.4 Å². The van der Waals surface area contributed by atoms with E-state index in [0.29, 0.717) is 6.04 Å². The van der Waals surface area contributed by atoms with E-state index >= 15 is 0 Å². The Labute approximate surface area is 104 Å². The van der Waals surface area contributed by atoms with Gasteiger partial charge in [-0.25, -0.2) is 0 Å². The summed E-state index contributed by atoms with van der Waals surface area (Å²) in [7, 11) is 0. The van der Waals surface area contributed by atoms with Gasteiger partial charge in [-0.2, -0.15) is 0 Å². The van der Waals surface area contributed by atoms with Crippen LogP contribution in [-0.4, -0.2) is 32.3 Å². The molecule has 0 spiro atoms. The van der Waals surface area contributed by atoms with Crippen molar-refractivity contribution in [1.29, 1.82) is 0 Å². The zero-order valence-corrected chi connectivity index (χ0v) is 10.8. The van der Waals surface area contributed by atoms with Crippen LogP contribution >= 0.6 is 0 Å². The van der Waals surface area contributed by atoms with Gasteiger partial charge in [0.15, 0.2) is 0 Å². The van der Waals surface area contributed by atoms with E-state index in [1.807, 2.05) is 0 Å². The molecule has 1 heterocycles. The Hall–Kier alpha value is -1.06. The molecule has 0 radical (unpaired) electrons. The first-order valence-electron chi connectivity index (χ1n) is 6.34. The Kier molecular flexibility index (Phi) is 4.02. The third kappa shape index (κ3) is 2.79. The average molecular weight is 234 g/mol. The fourth-order valence-corrected chi connectivity index (χ4v) is 2.33. The van der Waals surface area contributed by atoms with E-state index in [1.165, 1.54) is 16.8 Å². The molecule has 0 aliphatic carbocycles. The molecule has 1 aromatic carbocycles. The Morgan fingerprint density at radius 1 is 1.35 bits per heavy atom. The van der Waals surface area contributed by atoms with E-state index in [1.54, 1.807) is 0 Å². The van der Waals surface area contributed by atoms with Crippen LogP contribution < -0.4 is 10.6 Å². The third-order valence-corrected chi connectivity index (χ3v) is 3.55. The van der Waals surface area contributed by atoms with Gasteiger partial charge in [0.1, 0.15) is 0 Å². The van der Waals surface area contributed by atoms with Crippen molar-refractivity contribution in [3.63, 3.8) is 0 Å². The minimum atomic E-state index is 0.427. The summed E-state index contributed by atoms with van der Waals surface area (Å²) < 4.78 is 5.54. The highest BCUT2D eigenvalue weighted by Gasteiger charge is 2.22. The Morgan fingerprint density at radius 3 is 2.88 bits per heavy atom. The van der Waals surface area contributed by atoms with Gasteiger partial charge in [-0.1, -0.05) is 6.07 Å². The number of morpholine rings is 1. The first kappa shape index (κ1) is 12.4. The van der Waals surface area contributed by atoms with E-state index in [0.717, 1.165) is 32.7 Å². The van der Waals surface area contributed by atoms with Crippen molar-refractivity contribution in [3.8, 4) is 0 Å². The van der Waals surface area contributed by atoms with Gasteiger partial charge >= 0.3 is 0 Å². The van der Waals surface area contributed by atoms with Crippen molar-refractivity contribution in [2.75, 3.05) is 31.2 Å². The second-order valence-electron chi connectivity index (χ2n) is 4.77. The molecule has 3 heteroatoms. The molecule has 3 nitrogen and oxygen atoms in total. The van der Waals surface area contributed by atoms with Crippen LogP contribution in [0.4, 0.5) is 5.69 Å². The SMILES string of the molecule is Cc1ccc(N2CCOCC2CCN)cc1C. The monoisotopic (exact) mass is 234 g/mol. The van der Waals surface area contributed by atoms with Crippen LogP contribution in [-0.2, 0) is 4.74 Å². The molecule has 0 aromatic heterocycles. The van der Waals surface area contributed by atoms with E-state index in [4.69, 9.17) is 10.5 Å². The highest BCUT2D eigenvalue weighted by molar-refractivity contribution is 5.51. The lowest BCUT2D eigenvalue weighted by atomic mass is 10.1. The number of benzene rings is 1. The fourth-order valence-electron chi connectivity index (χ4n) is 2.33. The molecule has 0 bridgehead atoms. The molecule has 1 unspecified atom stereocenters. The normalized spacial score (nSPS) is 20.6. The Bertz CT molecular complexity index is 376. The molecular formula is C14H22N2O. The van der Waals surface area contributed by atoms with Crippen LogP contribution in [0.25, 0.3) is 0 Å². The quantitative estimate of drug-likeness (QED) is 0.867. The first-order valence-corrected chi connectivity index (χ1v) is 6.34. The summed E-state index contributed by atoms with van der Waals surface area (Å²) in [4.78, 5) is 2.43. The third-order valence-electron chi connectivity index (χ3n) is 3.55. The zero-order valence-electron chi connectivity index (χ0n) is 10.8. The molecule has 2 rings (SSSR count). The van der Waals surface area contributed by atoms with Gasteiger partial charge in [-0.15, -0.1) is 0 Å². The number of rotatable bonds is 3. The summed E-state index contributed by atoms with van der Waals surface area (Å²) in [5.41, 5.74) is 9.66. The molecule has 1 fully saturated rings. The smallest absolute Gasteiger partial charge is 0.0671 e. The minimum Gasteiger partial charge on any atom is -0.377 e. The molecule has 94 valence electrons. The number of nitrogens with two attached hydrogens (primary N) is 1. The van der Waals surface area contributed by atoms with Crippen LogP contribution in [0.1, 0.15) is 17.5 Å². The molecule has 1 saturated heterocycles. The molecule has 1 aliphatic rings. The maximum atomic E-state index is 5.67. The maximum absolute atomic E-state index is 5.67. The van der Waals surface area contributed by atoms with Crippen molar-refractivity contribution in [2.24, 2.45) is 5.73 Å². The molecular weight excluding hydrogens is 212 g/mol. The van der Waals surface area contributed by atoms with Crippen LogP contribution in [0.2, 0.25) is 0 Å². The molecule has 17 heavy (non-hydrogen) atoms. The summed E-state index contributed by atoms with van der Waals surface area (Å²) in [6.45, 7) is 7.60. The van der Waals surface area contributed by atoms with Crippen molar-refractivity contribution in [3.05, 3.63) is 29.3 Å². The second kappa shape index (κ2) is 5.52. The average Bonchev–Trinajstić information content (AvgIpc) is 2.34. The highest BCUT2D eigenvalue weighted by Crippen LogP contribution is 2.23. The second-order valence-corrected chi connectivity index (χ2v) is 4.77. The van der Waals surface area contributed by atoms with E-state index < -0.39 is 0 Å². The number of aryl methyl sites for hydroxylation is 2. The predicted octanol–water partition coefficient (Wildman–Crippen LogP) is 1.86. The standard InChI is InChI=1S/C14H22N2O/c1-11-3-4-13(9-12(11)2)16-7-8-17-10-14(16)5-6-15/h3-4,9,14H,5-8,10,15H2,1-2H3. The summed E-state index contributed by atoms with van der Waals surface area (Å²) in [6.07, 6.45) is 0.993. The van der Waals surface area contributed by atoms with Gasteiger partial charge in [0.2, 0.25) is 0 Å². The van der Waals surface area contributed by atoms with E-state index in [9.17, 15) is 0 Å². The van der Waals surface area contributed by atoms with Gasteiger partial charge in [-0.05, 0) is 50.1 Å². The largest absolute Gasteiger partial charge is 0.377 e. The fraction of sp³-hybridized carbons (Fsp3) is 0.571.